The molecule has 7 nitrogen and oxygen atoms in total. The summed E-state index contributed by atoms with van der Waals surface area (Å²) in [6.07, 6.45) is 0.385. The monoisotopic (exact) mass is 280 g/mol. The van der Waals surface area contributed by atoms with E-state index in [0.29, 0.717) is 6.42 Å². The molecule has 108 valence electrons. The number of carbonyl (C=O) groups excluding carboxylic acids is 1. The van der Waals surface area contributed by atoms with E-state index in [2.05, 4.69) is 0 Å². The number of carboxylic acids is 2. The first-order valence-corrected chi connectivity index (χ1v) is 5.89. The van der Waals surface area contributed by atoms with Gasteiger partial charge in [0.25, 0.3) is 0 Å². The summed E-state index contributed by atoms with van der Waals surface area (Å²) >= 11 is 0. The second-order valence-electron chi connectivity index (χ2n) is 4.38. The third kappa shape index (κ3) is 4.45. The fourth-order valence-corrected chi connectivity index (χ4v) is 1.49. The standard InChI is InChI=1S/C9H11NO2.C4H5NO3/c10-8(9(11)12)6-7-4-2-1-3-5-7;5-2-1(3(2)6)4(7)8/h1-5,8H,6,10H2,(H,11,12);1-2H,5H2,(H,7,8)/t8-;/m0./s1. The topological polar surface area (TPSA) is 144 Å². The highest BCUT2D eigenvalue weighted by Gasteiger charge is 2.52. The molecular weight excluding hydrogens is 264 g/mol. The van der Waals surface area contributed by atoms with E-state index in [0.717, 1.165) is 5.56 Å². The zero-order valence-electron chi connectivity index (χ0n) is 10.6. The first-order chi connectivity index (χ1) is 9.34. The zero-order chi connectivity index (χ0) is 15.3. The van der Waals surface area contributed by atoms with Crippen molar-refractivity contribution in [3.63, 3.8) is 0 Å². The van der Waals surface area contributed by atoms with Crippen LogP contribution in [0.5, 0.6) is 0 Å². The highest BCUT2D eigenvalue weighted by Crippen LogP contribution is 2.21. The largest absolute Gasteiger partial charge is 0.481 e. The molecule has 1 aromatic rings. The van der Waals surface area contributed by atoms with Gasteiger partial charge in [-0.05, 0) is 12.0 Å². The van der Waals surface area contributed by atoms with Crippen LogP contribution in [0.15, 0.2) is 30.3 Å². The fourth-order valence-electron chi connectivity index (χ4n) is 1.49. The molecule has 0 amide bonds. The van der Waals surface area contributed by atoms with Gasteiger partial charge in [-0.1, -0.05) is 30.3 Å². The number of benzene rings is 1. The van der Waals surface area contributed by atoms with Gasteiger partial charge in [-0.2, -0.15) is 0 Å². The number of Topliss-reactive ketones (excluding diaryl/α,β-unsaturated/α-hetero) is 1. The molecule has 0 aliphatic heterocycles. The Morgan fingerprint density at radius 1 is 1.20 bits per heavy atom. The van der Waals surface area contributed by atoms with Crippen molar-refractivity contribution in [1.29, 1.82) is 0 Å². The van der Waals surface area contributed by atoms with Gasteiger partial charge in [-0.3, -0.25) is 14.4 Å². The number of hydrogen-bond acceptors (Lipinski definition) is 5. The molecule has 1 fully saturated rings. The molecule has 3 atom stereocenters. The van der Waals surface area contributed by atoms with Crippen molar-refractivity contribution in [2.75, 3.05) is 0 Å². The summed E-state index contributed by atoms with van der Waals surface area (Å²) in [6, 6.07) is 7.81. The van der Waals surface area contributed by atoms with Crippen molar-refractivity contribution in [2.24, 2.45) is 17.4 Å². The summed E-state index contributed by atoms with van der Waals surface area (Å²) in [5.74, 6) is -3.34. The van der Waals surface area contributed by atoms with Crippen LogP contribution >= 0.6 is 0 Å². The summed E-state index contributed by atoms with van der Waals surface area (Å²) < 4.78 is 0. The Hall–Kier alpha value is -2.25. The third-order valence-corrected chi connectivity index (χ3v) is 2.77. The average Bonchev–Trinajstić information content (AvgIpc) is 2.99. The van der Waals surface area contributed by atoms with Crippen LogP contribution < -0.4 is 11.5 Å². The lowest BCUT2D eigenvalue weighted by atomic mass is 10.1. The summed E-state index contributed by atoms with van der Waals surface area (Å²) in [7, 11) is 0. The van der Waals surface area contributed by atoms with E-state index in [1.54, 1.807) is 0 Å². The van der Waals surface area contributed by atoms with Gasteiger partial charge in [0, 0.05) is 0 Å². The molecule has 2 rings (SSSR count). The Bertz CT molecular complexity index is 495. The normalized spacial score (nSPS) is 21.4. The molecule has 0 radical (unpaired) electrons. The fraction of sp³-hybridized carbons (Fsp3) is 0.308. The molecule has 7 heteroatoms. The van der Waals surface area contributed by atoms with Crippen LogP contribution in [0.1, 0.15) is 5.56 Å². The molecule has 0 aromatic heterocycles. The molecule has 1 aliphatic carbocycles. The molecular formula is C13H16N2O5. The number of carboxylic acid groups (broad SMARTS) is 2. The van der Waals surface area contributed by atoms with E-state index in [4.69, 9.17) is 21.7 Å². The number of carbonyl (C=O) groups is 3. The van der Waals surface area contributed by atoms with E-state index in [-0.39, 0.29) is 5.78 Å². The maximum atomic E-state index is 10.4. The molecule has 1 saturated carbocycles. The smallest absolute Gasteiger partial charge is 0.320 e. The lowest BCUT2D eigenvalue weighted by molar-refractivity contribution is -0.140. The molecule has 6 N–H and O–H groups in total. The molecule has 2 unspecified atom stereocenters. The number of nitrogens with two attached hydrogens (primary N) is 2. The van der Waals surface area contributed by atoms with Gasteiger partial charge in [0.05, 0.1) is 6.04 Å². The van der Waals surface area contributed by atoms with E-state index < -0.39 is 29.9 Å². The number of aliphatic carboxylic acids is 2. The Kier molecular flexibility index (Phi) is 5.36. The van der Waals surface area contributed by atoms with Gasteiger partial charge in [0.1, 0.15) is 12.0 Å². The minimum atomic E-state index is -1.11. The van der Waals surface area contributed by atoms with Crippen LogP contribution in [-0.2, 0) is 20.8 Å². The van der Waals surface area contributed by atoms with Gasteiger partial charge in [0.2, 0.25) is 0 Å². The predicted molar refractivity (Wildman–Crippen MR) is 69.9 cm³/mol. The summed E-state index contributed by atoms with van der Waals surface area (Å²) in [4.78, 5) is 30.4. The maximum absolute atomic E-state index is 10.4. The molecule has 1 aliphatic rings. The second-order valence-corrected chi connectivity index (χ2v) is 4.38. The van der Waals surface area contributed by atoms with Gasteiger partial charge in [0.15, 0.2) is 5.78 Å². The van der Waals surface area contributed by atoms with Crippen molar-refractivity contribution in [2.45, 2.75) is 18.5 Å². The molecule has 20 heavy (non-hydrogen) atoms. The SMILES string of the molecule is NC1C(=O)C1C(=O)O.N[C@@H](Cc1ccccc1)C(=O)O. The van der Waals surface area contributed by atoms with Crippen molar-refractivity contribution >= 4 is 17.7 Å². The summed E-state index contributed by atoms with van der Waals surface area (Å²) in [5.41, 5.74) is 11.3. The van der Waals surface area contributed by atoms with E-state index in [9.17, 15) is 14.4 Å². The second kappa shape index (κ2) is 6.78. The van der Waals surface area contributed by atoms with Gasteiger partial charge < -0.3 is 21.7 Å². The van der Waals surface area contributed by atoms with Crippen LogP contribution in [-0.4, -0.2) is 40.0 Å². The first kappa shape index (κ1) is 15.8. The minimum Gasteiger partial charge on any atom is -0.481 e. The third-order valence-electron chi connectivity index (χ3n) is 2.77. The average molecular weight is 280 g/mol. The molecule has 0 heterocycles. The van der Waals surface area contributed by atoms with Crippen molar-refractivity contribution in [3.05, 3.63) is 35.9 Å². The molecule has 0 bridgehead atoms. The maximum Gasteiger partial charge on any atom is 0.320 e. The van der Waals surface area contributed by atoms with Crippen molar-refractivity contribution in [1.82, 2.24) is 0 Å². The van der Waals surface area contributed by atoms with Crippen LogP contribution in [0.3, 0.4) is 0 Å². The van der Waals surface area contributed by atoms with Gasteiger partial charge >= 0.3 is 11.9 Å². The Morgan fingerprint density at radius 3 is 2.00 bits per heavy atom. The number of ketones is 1. The molecule has 0 spiro atoms. The predicted octanol–water partition coefficient (Wildman–Crippen LogP) is -0.762. The van der Waals surface area contributed by atoms with Crippen LogP contribution in [0.4, 0.5) is 0 Å². The Morgan fingerprint density at radius 2 is 1.70 bits per heavy atom. The molecule has 0 saturated heterocycles. The van der Waals surface area contributed by atoms with Crippen molar-refractivity contribution < 1.29 is 24.6 Å². The Labute approximate surface area is 115 Å². The molecule has 1 aromatic carbocycles. The van der Waals surface area contributed by atoms with Gasteiger partial charge in [-0.15, -0.1) is 0 Å². The number of hydrogen-bond donors (Lipinski definition) is 4. The first-order valence-electron chi connectivity index (χ1n) is 5.89. The minimum absolute atomic E-state index is 0.363. The highest BCUT2D eigenvalue weighted by atomic mass is 16.4. The lowest BCUT2D eigenvalue weighted by Gasteiger charge is -2.04. The highest BCUT2D eigenvalue weighted by molar-refractivity contribution is 6.16. The summed E-state index contributed by atoms with van der Waals surface area (Å²) in [5, 5.41) is 16.6. The van der Waals surface area contributed by atoms with E-state index in [1.807, 2.05) is 30.3 Å². The van der Waals surface area contributed by atoms with E-state index in [1.165, 1.54) is 0 Å². The van der Waals surface area contributed by atoms with Crippen LogP contribution in [0.2, 0.25) is 0 Å². The van der Waals surface area contributed by atoms with E-state index >= 15 is 0 Å². The van der Waals surface area contributed by atoms with Crippen LogP contribution in [0.25, 0.3) is 0 Å². The lowest BCUT2D eigenvalue weighted by Crippen LogP contribution is -2.32. The quantitative estimate of drug-likeness (QED) is 0.530. The van der Waals surface area contributed by atoms with Crippen molar-refractivity contribution in [3.8, 4) is 0 Å². The Balaban J connectivity index is 0.000000217. The summed E-state index contributed by atoms with van der Waals surface area (Å²) in [6.45, 7) is 0. The zero-order valence-corrected chi connectivity index (χ0v) is 10.6. The number of rotatable bonds is 4. The van der Waals surface area contributed by atoms with Crippen LogP contribution in [0, 0.1) is 5.92 Å². The van der Waals surface area contributed by atoms with Gasteiger partial charge in [-0.25, -0.2) is 0 Å².